The normalized spacial score (nSPS) is 19.3. The zero-order chi connectivity index (χ0) is 22.0. The number of aromatic carboxylic acids is 1. The predicted octanol–water partition coefficient (Wildman–Crippen LogP) is 5.16. The Morgan fingerprint density at radius 2 is 2.10 bits per heavy atom. The van der Waals surface area contributed by atoms with E-state index in [1.54, 1.807) is 19.2 Å². The maximum atomic E-state index is 11.3. The topological polar surface area (TPSA) is 65.6 Å². The summed E-state index contributed by atoms with van der Waals surface area (Å²) in [4.78, 5) is 17.1. The number of methoxy groups -OCH3 is 1. The fourth-order valence-corrected chi connectivity index (χ4v) is 4.81. The second kappa shape index (κ2) is 8.87. The summed E-state index contributed by atoms with van der Waals surface area (Å²) in [6.45, 7) is 3.77. The van der Waals surface area contributed by atoms with Gasteiger partial charge < -0.3 is 14.8 Å². The number of ether oxygens (including phenoxy) is 1. The van der Waals surface area contributed by atoms with Crippen molar-refractivity contribution in [3.8, 4) is 18.1 Å². The van der Waals surface area contributed by atoms with Crippen LogP contribution in [0.25, 0.3) is 10.9 Å². The minimum atomic E-state index is -0.906. The third kappa shape index (κ3) is 4.17. The van der Waals surface area contributed by atoms with Gasteiger partial charge in [0.15, 0.2) is 0 Å². The lowest BCUT2D eigenvalue weighted by molar-refractivity contribution is 0.0696. The number of benzene rings is 2. The Bertz CT molecular complexity index is 1120. The van der Waals surface area contributed by atoms with Gasteiger partial charge in [-0.2, -0.15) is 0 Å². The van der Waals surface area contributed by atoms with E-state index < -0.39 is 5.97 Å². The lowest BCUT2D eigenvalue weighted by Crippen LogP contribution is -2.36. The first kappa shape index (κ1) is 21.0. The molecule has 4 rings (SSSR count). The number of carbonyl (C=O) groups is 1. The summed E-state index contributed by atoms with van der Waals surface area (Å²) in [7, 11) is 1.72. The highest BCUT2D eigenvalue weighted by Crippen LogP contribution is 2.39. The third-order valence-corrected chi connectivity index (χ3v) is 6.46. The van der Waals surface area contributed by atoms with Crippen LogP contribution in [0.15, 0.2) is 42.6 Å². The molecule has 0 aliphatic carbocycles. The van der Waals surface area contributed by atoms with Crippen LogP contribution >= 0.6 is 0 Å². The molecule has 3 aromatic rings. The molecule has 5 nitrogen and oxygen atoms in total. The van der Waals surface area contributed by atoms with Gasteiger partial charge in [-0.3, -0.25) is 4.90 Å². The largest absolute Gasteiger partial charge is 0.496 e. The SMILES string of the molecule is C#CC[C@@H]1CCN(Cc2c(OC)cc(C)c3[nH]ccc23)C(c2ccc(C(=O)O)cc2)C1. The van der Waals surface area contributed by atoms with Crippen LogP contribution in [0.4, 0.5) is 0 Å². The van der Waals surface area contributed by atoms with Crippen LogP contribution in [-0.4, -0.2) is 34.6 Å². The van der Waals surface area contributed by atoms with E-state index in [1.807, 2.05) is 18.3 Å². The molecule has 0 radical (unpaired) electrons. The standard InChI is InChI=1S/C26H28N2O3/c1-4-5-18-11-13-28(23(15-18)19-6-8-20(9-7-19)26(29)30)16-22-21-10-12-27-25(21)17(2)14-24(22)31-3/h1,6-10,12,14,18,23,27H,5,11,13,15-16H2,2-3H3,(H,29,30)/t18-,23?/m1/s1. The van der Waals surface area contributed by atoms with Gasteiger partial charge >= 0.3 is 5.97 Å². The van der Waals surface area contributed by atoms with Crippen molar-refractivity contribution in [2.45, 2.75) is 38.8 Å². The predicted molar refractivity (Wildman–Crippen MR) is 122 cm³/mol. The Labute approximate surface area is 183 Å². The van der Waals surface area contributed by atoms with Gasteiger partial charge in [0.1, 0.15) is 5.75 Å². The molecule has 0 saturated carbocycles. The molecule has 0 bridgehead atoms. The van der Waals surface area contributed by atoms with Crippen molar-refractivity contribution in [3.05, 3.63) is 64.8 Å². The van der Waals surface area contributed by atoms with Gasteiger partial charge in [-0.05, 0) is 67.6 Å². The lowest BCUT2D eigenvalue weighted by Gasteiger charge is -2.40. The van der Waals surface area contributed by atoms with E-state index in [4.69, 9.17) is 11.2 Å². The number of carboxylic acid groups (broad SMARTS) is 1. The number of rotatable bonds is 6. The number of nitrogens with one attached hydrogen (secondary N) is 1. The molecule has 31 heavy (non-hydrogen) atoms. The van der Waals surface area contributed by atoms with Gasteiger partial charge in [0.05, 0.1) is 12.7 Å². The Morgan fingerprint density at radius 3 is 2.77 bits per heavy atom. The number of aromatic amines is 1. The van der Waals surface area contributed by atoms with Gasteiger partial charge in [-0.15, -0.1) is 12.3 Å². The Morgan fingerprint density at radius 1 is 1.32 bits per heavy atom. The average Bonchev–Trinajstić information content (AvgIpc) is 3.27. The molecule has 1 aromatic heterocycles. The summed E-state index contributed by atoms with van der Waals surface area (Å²) in [5.74, 6) is 3.29. The number of carboxylic acids is 1. The fraction of sp³-hybridized carbons (Fsp3) is 0.346. The molecule has 1 unspecified atom stereocenters. The number of fused-ring (bicyclic) bond motifs is 1. The van der Waals surface area contributed by atoms with Crippen LogP contribution in [0.5, 0.6) is 5.75 Å². The molecule has 5 heteroatoms. The number of aromatic nitrogens is 1. The number of hydrogen-bond acceptors (Lipinski definition) is 3. The summed E-state index contributed by atoms with van der Waals surface area (Å²) < 4.78 is 5.76. The molecule has 2 N–H and O–H groups in total. The number of nitrogens with zero attached hydrogens (tertiary/aromatic N) is 1. The minimum absolute atomic E-state index is 0.176. The van der Waals surface area contributed by atoms with Crippen molar-refractivity contribution in [3.63, 3.8) is 0 Å². The molecule has 1 aliphatic heterocycles. The highest BCUT2D eigenvalue weighted by Gasteiger charge is 2.30. The van der Waals surface area contributed by atoms with Crippen molar-refractivity contribution in [1.29, 1.82) is 0 Å². The molecule has 1 saturated heterocycles. The minimum Gasteiger partial charge on any atom is -0.496 e. The third-order valence-electron chi connectivity index (χ3n) is 6.46. The monoisotopic (exact) mass is 416 g/mol. The molecule has 2 heterocycles. The van der Waals surface area contributed by atoms with Crippen molar-refractivity contribution < 1.29 is 14.6 Å². The van der Waals surface area contributed by atoms with Gasteiger partial charge in [0, 0.05) is 41.7 Å². The highest BCUT2D eigenvalue weighted by molar-refractivity contribution is 5.88. The van der Waals surface area contributed by atoms with E-state index in [2.05, 4.69) is 34.9 Å². The number of hydrogen-bond donors (Lipinski definition) is 2. The van der Waals surface area contributed by atoms with E-state index in [-0.39, 0.29) is 6.04 Å². The maximum Gasteiger partial charge on any atom is 0.335 e. The molecular formula is C26H28N2O3. The van der Waals surface area contributed by atoms with Crippen LogP contribution in [0, 0.1) is 25.2 Å². The lowest BCUT2D eigenvalue weighted by atomic mass is 9.84. The van der Waals surface area contributed by atoms with Gasteiger partial charge in [-0.25, -0.2) is 4.79 Å². The second-order valence-corrected chi connectivity index (χ2v) is 8.35. The fourth-order valence-electron chi connectivity index (χ4n) is 4.81. The van der Waals surface area contributed by atoms with Crippen LogP contribution in [-0.2, 0) is 6.54 Å². The number of likely N-dealkylation sites (tertiary alicyclic amines) is 1. The summed E-state index contributed by atoms with van der Waals surface area (Å²) in [6.07, 6.45) is 10.4. The first-order valence-corrected chi connectivity index (χ1v) is 10.7. The molecule has 160 valence electrons. The Hall–Kier alpha value is -3.23. The van der Waals surface area contributed by atoms with Crippen LogP contribution in [0.2, 0.25) is 0 Å². The number of aryl methyl sites for hydroxylation is 1. The van der Waals surface area contributed by atoms with Gasteiger partial charge in [0.2, 0.25) is 0 Å². The van der Waals surface area contributed by atoms with E-state index >= 15 is 0 Å². The van der Waals surface area contributed by atoms with E-state index in [1.165, 1.54) is 10.9 Å². The van der Waals surface area contributed by atoms with Crippen molar-refractivity contribution in [2.24, 2.45) is 5.92 Å². The second-order valence-electron chi connectivity index (χ2n) is 8.35. The number of piperidine rings is 1. The van der Waals surface area contributed by atoms with Crippen LogP contribution in [0.3, 0.4) is 0 Å². The molecular weight excluding hydrogens is 388 g/mol. The quantitative estimate of drug-likeness (QED) is 0.545. The number of terminal acetylenes is 1. The molecule has 2 atom stereocenters. The van der Waals surface area contributed by atoms with E-state index in [0.29, 0.717) is 11.5 Å². The maximum absolute atomic E-state index is 11.3. The molecule has 1 fully saturated rings. The van der Waals surface area contributed by atoms with Crippen LogP contribution < -0.4 is 4.74 Å². The summed E-state index contributed by atoms with van der Waals surface area (Å²) >= 11 is 0. The summed E-state index contributed by atoms with van der Waals surface area (Å²) in [6, 6.07) is 11.7. The molecule has 1 aliphatic rings. The first-order chi connectivity index (χ1) is 15.0. The molecule has 0 spiro atoms. The highest BCUT2D eigenvalue weighted by atomic mass is 16.5. The smallest absolute Gasteiger partial charge is 0.335 e. The summed E-state index contributed by atoms with van der Waals surface area (Å²) in [5.41, 5.74) is 4.91. The molecule has 2 aromatic carbocycles. The zero-order valence-corrected chi connectivity index (χ0v) is 18.0. The Kier molecular flexibility index (Phi) is 6.01. The van der Waals surface area contributed by atoms with E-state index in [0.717, 1.165) is 54.7 Å². The van der Waals surface area contributed by atoms with Crippen molar-refractivity contribution in [2.75, 3.05) is 13.7 Å². The van der Waals surface area contributed by atoms with Crippen molar-refractivity contribution in [1.82, 2.24) is 9.88 Å². The Balaban J connectivity index is 1.70. The van der Waals surface area contributed by atoms with Crippen molar-refractivity contribution >= 4 is 16.9 Å². The zero-order valence-electron chi connectivity index (χ0n) is 18.0. The molecule has 0 amide bonds. The van der Waals surface area contributed by atoms with Crippen LogP contribution in [0.1, 0.15) is 52.4 Å². The van der Waals surface area contributed by atoms with E-state index in [9.17, 15) is 9.90 Å². The summed E-state index contributed by atoms with van der Waals surface area (Å²) in [5, 5.41) is 10.4. The average molecular weight is 417 g/mol. The number of H-pyrrole nitrogens is 1. The van der Waals surface area contributed by atoms with Gasteiger partial charge in [-0.1, -0.05) is 12.1 Å². The van der Waals surface area contributed by atoms with Gasteiger partial charge in [0.25, 0.3) is 0 Å². The first-order valence-electron chi connectivity index (χ1n) is 10.7.